The van der Waals surface area contributed by atoms with Gasteiger partial charge in [0.2, 0.25) is 0 Å². The van der Waals surface area contributed by atoms with E-state index in [0.29, 0.717) is 0 Å². The Labute approximate surface area is 131 Å². The Hall–Kier alpha value is -0.653. The van der Waals surface area contributed by atoms with Gasteiger partial charge in [-0.05, 0) is 26.5 Å². The van der Waals surface area contributed by atoms with Crippen molar-refractivity contribution in [3.63, 3.8) is 0 Å². The van der Waals surface area contributed by atoms with Gasteiger partial charge in [-0.25, -0.2) is 8.42 Å². The highest BCUT2D eigenvalue weighted by atomic mass is 32.2. The van der Waals surface area contributed by atoms with Gasteiger partial charge in [0, 0.05) is 18.8 Å². The third-order valence-corrected chi connectivity index (χ3v) is 8.11. The van der Waals surface area contributed by atoms with Gasteiger partial charge in [-0.3, -0.25) is 4.90 Å². The van der Waals surface area contributed by atoms with Crippen LogP contribution >= 0.6 is 0 Å². The average Bonchev–Trinajstić information content (AvgIpc) is 2.35. The van der Waals surface area contributed by atoms with Gasteiger partial charge in [-0.2, -0.15) is 0 Å². The smallest absolute Gasteiger partial charge is 0.151 e. The van der Waals surface area contributed by atoms with Gasteiger partial charge < -0.3 is 0 Å². The molecule has 0 aliphatic rings. The summed E-state index contributed by atoms with van der Waals surface area (Å²) in [6, 6.07) is 8.78. The Morgan fingerprint density at radius 3 is 1.95 bits per heavy atom. The Bertz CT molecular complexity index is 561. The number of hydrogen-bond acceptors (Lipinski definition) is 3. The van der Waals surface area contributed by atoms with Crippen molar-refractivity contribution in [2.75, 3.05) is 13.3 Å². The molecule has 0 aliphatic heterocycles. The van der Waals surface area contributed by atoms with E-state index in [1.807, 2.05) is 14.0 Å². The lowest BCUT2D eigenvalue weighted by Gasteiger charge is -2.29. The second kappa shape index (κ2) is 6.63. The fourth-order valence-electron chi connectivity index (χ4n) is 2.26. The van der Waals surface area contributed by atoms with E-state index in [-0.39, 0.29) is 11.3 Å². The summed E-state index contributed by atoms with van der Waals surface area (Å²) in [5, 5.41) is 1.09. The van der Waals surface area contributed by atoms with Crippen LogP contribution in [0.2, 0.25) is 19.6 Å². The molecule has 5 heteroatoms. The van der Waals surface area contributed by atoms with E-state index in [1.165, 1.54) is 17.0 Å². The van der Waals surface area contributed by atoms with Crippen LogP contribution in [0.25, 0.3) is 0 Å². The lowest BCUT2D eigenvalue weighted by Crippen LogP contribution is -2.41. The third kappa shape index (κ3) is 5.24. The first-order chi connectivity index (χ1) is 9.43. The maximum absolute atomic E-state index is 11.7. The summed E-state index contributed by atoms with van der Waals surface area (Å²) >= 11 is 0. The highest BCUT2D eigenvalue weighted by Crippen LogP contribution is 2.13. The fourth-order valence-corrected chi connectivity index (χ4v) is 4.35. The fraction of sp³-hybridized carbons (Fsp3) is 0.625. The van der Waals surface area contributed by atoms with Crippen molar-refractivity contribution in [2.45, 2.75) is 51.3 Å². The third-order valence-electron chi connectivity index (χ3n) is 4.30. The molecule has 1 aromatic carbocycles. The highest BCUT2D eigenvalue weighted by molar-refractivity contribution is 7.91. The zero-order valence-corrected chi connectivity index (χ0v) is 16.2. The molecule has 0 aliphatic carbocycles. The predicted molar refractivity (Wildman–Crippen MR) is 94.7 cm³/mol. The van der Waals surface area contributed by atoms with Crippen molar-refractivity contribution in [3.8, 4) is 0 Å². The molecule has 0 bridgehead atoms. The van der Waals surface area contributed by atoms with Crippen molar-refractivity contribution < 1.29 is 8.42 Å². The molecule has 0 radical (unpaired) electrons. The monoisotopic (exact) mass is 327 g/mol. The zero-order valence-electron chi connectivity index (χ0n) is 14.3. The largest absolute Gasteiger partial charge is 0.298 e. The van der Waals surface area contributed by atoms with Gasteiger partial charge in [0.15, 0.2) is 9.84 Å². The summed E-state index contributed by atoms with van der Waals surface area (Å²) in [5.41, 5.74) is 1.23. The summed E-state index contributed by atoms with van der Waals surface area (Å²) in [4.78, 5) is 2.11. The first kappa shape index (κ1) is 18.4. The van der Waals surface area contributed by atoms with E-state index < -0.39 is 17.9 Å². The van der Waals surface area contributed by atoms with Crippen molar-refractivity contribution in [3.05, 3.63) is 29.8 Å². The zero-order chi connectivity index (χ0) is 16.4. The lowest BCUT2D eigenvalue weighted by molar-refractivity contribution is 0.245. The van der Waals surface area contributed by atoms with Gasteiger partial charge in [0.25, 0.3) is 0 Å². The van der Waals surface area contributed by atoms with Crippen molar-refractivity contribution in [2.24, 2.45) is 0 Å². The molecule has 3 nitrogen and oxygen atoms in total. The minimum absolute atomic E-state index is 0.00309. The van der Waals surface area contributed by atoms with Crippen LogP contribution < -0.4 is 5.19 Å². The number of nitrogens with zero attached hydrogens (tertiary/aromatic N) is 1. The molecule has 0 amide bonds. The van der Waals surface area contributed by atoms with Crippen LogP contribution in [0.4, 0.5) is 0 Å². The van der Waals surface area contributed by atoms with Gasteiger partial charge >= 0.3 is 0 Å². The Morgan fingerprint density at radius 2 is 1.57 bits per heavy atom. The van der Waals surface area contributed by atoms with Gasteiger partial charge in [0.1, 0.15) is 0 Å². The molecular weight excluding hydrogens is 298 g/mol. The topological polar surface area (TPSA) is 37.4 Å². The van der Waals surface area contributed by atoms with Gasteiger partial charge in [-0.1, -0.05) is 49.1 Å². The number of benzene rings is 1. The van der Waals surface area contributed by atoms with Crippen molar-refractivity contribution in [1.82, 2.24) is 4.90 Å². The van der Waals surface area contributed by atoms with Crippen LogP contribution in [0.1, 0.15) is 19.4 Å². The molecule has 0 heterocycles. The molecule has 0 fully saturated rings. The molecule has 0 saturated carbocycles. The van der Waals surface area contributed by atoms with Crippen LogP contribution in [0.5, 0.6) is 0 Å². The Kier molecular flexibility index (Phi) is 5.81. The quantitative estimate of drug-likeness (QED) is 0.753. The predicted octanol–water partition coefficient (Wildman–Crippen LogP) is 2.49. The van der Waals surface area contributed by atoms with Gasteiger partial charge in [-0.15, -0.1) is 0 Å². The molecular formula is C16H29NO2SSi. The summed E-state index contributed by atoms with van der Waals surface area (Å²) in [5.74, 6) is 0. The molecule has 1 aromatic rings. The second-order valence-electron chi connectivity index (χ2n) is 7.14. The second-order valence-corrected chi connectivity index (χ2v) is 14.6. The highest BCUT2D eigenvalue weighted by Gasteiger charge is 2.25. The first-order valence-corrected chi connectivity index (χ1v) is 12.9. The molecule has 1 rings (SSSR count). The minimum atomic E-state index is -3.00. The lowest BCUT2D eigenvalue weighted by atomic mass is 10.1. The maximum atomic E-state index is 11.7. The minimum Gasteiger partial charge on any atom is -0.298 e. The van der Waals surface area contributed by atoms with Crippen molar-refractivity contribution in [1.29, 1.82) is 0 Å². The average molecular weight is 328 g/mol. The van der Waals surface area contributed by atoms with Crippen LogP contribution in [0, 0.1) is 0 Å². The van der Waals surface area contributed by atoms with Crippen LogP contribution in [0.3, 0.4) is 0 Å². The molecule has 2 atom stereocenters. The van der Waals surface area contributed by atoms with E-state index in [9.17, 15) is 8.42 Å². The number of sulfone groups is 1. The number of rotatable bonds is 6. The van der Waals surface area contributed by atoms with Crippen LogP contribution in [-0.2, 0) is 16.4 Å². The van der Waals surface area contributed by atoms with E-state index in [4.69, 9.17) is 0 Å². The summed E-state index contributed by atoms with van der Waals surface area (Å²) in [6.45, 7) is 11.5. The van der Waals surface area contributed by atoms with E-state index in [2.05, 4.69) is 48.8 Å². The molecule has 0 spiro atoms. The van der Waals surface area contributed by atoms with Gasteiger partial charge in [0.05, 0.1) is 13.3 Å². The van der Waals surface area contributed by atoms with E-state index >= 15 is 0 Å². The molecule has 0 N–H and O–H groups in total. The van der Waals surface area contributed by atoms with Crippen LogP contribution in [-0.4, -0.2) is 46.0 Å². The SMILES string of the molecule is C[C@H]([C@H](C)N(C)Cc1ccc([Si](C)(C)C)cc1)S(C)(=O)=O. The standard InChI is InChI=1S/C16H29NO2SSi/c1-13(14(2)20(4,18)19)17(3)12-15-8-10-16(11-9-15)21(5,6)7/h8-11,13-14H,12H2,1-7H3/t13-,14+/m0/s1. The Morgan fingerprint density at radius 1 is 1.10 bits per heavy atom. The van der Waals surface area contributed by atoms with Crippen molar-refractivity contribution >= 4 is 23.1 Å². The van der Waals surface area contributed by atoms with Crippen LogP contribution in [0.15, 0.2) is 24.3 Å². The summed E-state index contributed by atoms with van der Waals surface area (Å²) in [6.07, 6.45) is 1.31. The molecule has 120 valence electrons. The molecule has 0 saturated heterocycles. The summed E-state index contributed by atoms with van der Waals surface area (Å²) in [7, 11) is -2.27. The normalized spacial score (nSPS) is 16.0. The Balaban J connectivity index is 2.77. The number of hydrogen-bond donors (Lipinski definition) is 0. The molecule has 21 heavy (non-hydrogen) atoms. The maximum Gasteiger partial charge on any atom is 0.151 e. The summed E-state index contributed by atoms with van der Waals surface area (Å²) < 4.78 is 23.3. The molecule has 0 aromatic heterocycles. The first-order valence-electron chi connectivity index (χ1n) is 7.41. The van der Waals surface area contributed by atoms with E-state index in [1.54, 1.807) is 6.92 Å². The van der Waals surface area contributed by atoms with E-state index in [0.717, 1.165) is 6.54 Å². The molecule has 0 unspecified atom stereocenters.